The molecule has 1 aliphatic rings. The summed E-state index contributed by atoms with van der Waals surface area (Å²) in [5.74, 6) is 0.0321. The van der Waals surface area contributed by atoms with Crippen molar-refractivity contribution in [1.82, 2.24) is 9.88 Å². The first-order chi connectivity index (χ1) is 8.14. The predicted molar refractivity (Wildman–Crippen MR) is 66.5 cm³/mol. The number of pyridine rings is 1. The highest BCUT2D eigenvalue weighted by Crippen LogP contribution is 2.29. The minimum Gasteiger partial charge on any atom is -0.337 e. The molecule has 92 valence electrons. The summed E-state index contributed by atoms with van der Waals surface area (Å²) in [6.07, 6.45) is 3.60. The second kappa shape index (κ2) is 4.84. The van der Waals surface area contributed by atoms with E-state index in [-0.39, 0.29) is 11.3 Å². The largest absolute Gasteiger partial charge is 0.337 e. The number of aromatic nitrogens is 1. The van der Waals surface area contributed by atoms with Crippen LogP contribution in [0.5, 0.6) is 0 Å². The number of likely N-dealkylation sites (tertiary alicyclic amines) is 1. The Morgan fingerprint density at radius 1 is 1.47 bits per heavy atom. The zero-order valence-electron chi connectivity index (χ0n) is 10.2. The van der Waals surface area contributed by atoms with E-state index in [0.717, 1.165) is 25.9 Å². The van der Waals surface area contributed by atoms with Gasteiger partial charge in [0.2, 0.25) is 0 Å². The van der Waals surface area contributed by atoms with Crippen LogP contribution in [0.1, 0.15) is 30.3 Å². The number of hydrogen-bond donors (Lipinski definition) is 1. The lowest BCUT2D eigenvalue weighted by molar-refractivity contribution is 0.0612. The fourth-order valence-electron chi connectivity index (χ4n) is 2.11. The Kier molecular flexibility index (Phi) is 3.43. The number of carbonyl (C=O) groups is 1. The molecular formula is C13H19N3O. The summed E-state index contributed by atoms with van der Waals surface area (Å²) in [5, 5.41) is 0. The molecule has 0 radical (unpaired) electrons. The summed E-state index contributed by atoms with van der Waals surface area (Å²) in [7, 11) is 0. The Hall–Kier alpha value is -1.42. The van der Waals surface area contributed by atoms with Gasteiger partial charge in [-0.05, 0) is 36.9 Å². The second-order valence-electron chi connectivity index (χ2n) is 5.02. The highest BCUT2D eigenvalue weighted by atomic mass is 16.2. The summed E-state index contributed by atoms with van der Waals surface area (Å²) in [5.41, 5.74) is 6.48. The van der Waals surface area contributed by atoms with E-state index in [4.69, 9.17) is 5.73 Å². The lowest BCUT2D eigenvalue weighted by Gasteiger charge is -2.38. The van der Waals surface area contributed by atoms with Gasteiger partial charge in [-0.1, -0.05) is 13.0 Å². The molecule has 1 aromatic heterocycles. The molecule has 1 amide bonds. The van der Waals surface area contributed by atoms with Gasteiger partial charge in [0, 0.05) is 19.3 Å². The summed E-state index contributed by atoms with van der Waals surface area (Å²) < 4.78 is 0. The number of rotatable bonds is 2. The van der Waals surface area contributed by atoms with Gasteiger partial charge in [-0.25, -0.2) is 0 Å². The minimum atomic E-state index is 0.0321. The average molecular weight is 233 g/mol. The molecule has 0 unspecified atom stereocenters. The van der Waals surface area contributed by atoms with Gasteiger partial charge in [-0.15, -0.1) is 0 Å². The predicted octanol–water partition coefficient (Wildman–Crippen LogP) is 1.28. The first-order valence-electron chi connectivity index (χ1n) is 6.05. The fourth-order valence-corrected chi connectivity index (χ4v) is 2.11. The topological polar surface area (TPSA) is 59.2 Å². The highest BCUT2D eigenvalue weighted by Gasteiger charge is 2.31. The molecule has 1 saturated heterocycles. The third-order valence-corrected chi connectivity index (χ3v) is 3.63. The molecule has 0 atom stereocenters. The first kappa shape index (κ1) is 12.0. The molecule has 4 heteroatoms. The van der Waals surface area contributed by atoms with Gasteiger partial charge in [0.15, 0.2) is 0 Å². The van der Waals surface area contributed by atoms with E-state index < -0.39 is 0 Å². The van der Waals surface area contributed by atoms with Crippen LogP contribution in [0.4, 0.5) is 0 Å². The molecule has 2 rings (SSSR count). The van der Waals surface area contributed by atoms with Gasteiger partial charge in [-0.2, -0.15) is 0 Å². The normalized spacial score (nSPS) is 19.1. The van der Waals surface area contributed by atoms with E-state index in [1.54, 1.807) is 12.3 Å². The van der Waals surface area contributed by atoms with Crippen molar-refractivity contribution in [1.29, 1.82) is 0 Å². The van der Waals surface area contributed by atoms with Gasteiger partial charge in [0.25, 0.3) is 5.91 Å². The molecule has 0 bridgehead atoms. The third kappa shape index (κ3) is 2.64. The van der Waals surface area contributed by atoms with Gasteiger partial charge < -0.3 is 10.6 Å². The van der Waals surface area contributed by atoms with Gasteiger partial charge >= 0.3 is 0 Å². The Labute approximate surface area is 102 Å². The van der Waals surface area contributed by atoms with Crippen molar-refractivity contribution in [3.8, 4) is 0 Å². The Morgan fingerprint density at radius 2 is 2.18 bits per heavy atom. The molecule has 1 fully saturated rings. The van der Waals surface area contributed by atoms with Crippen LogP contribution in [-0.4, -0.2) is 35.4 Å². The van der Waals surface area contributed by atoms with Crippen LogP contribution in [0.25, 0.3) is 0 Å². The van der Waals surface area contributed by atoms with Crippen LogP contribution in [0.2, 0.25) is 0 Å². The van der Waals surface area contributed by atoms with Crippen molar-refractivity contribution >= 4 is 5.91 Å². The van der Waals surface area contributed by atoms with Crippen molar-refractivity contribution < 1.29 is 4.79 Å². The van der Waals surface area contributed by atoms with E-state index in [1.807, 2.05) is 17.0 Å². The molecule has 1 aliphatic heterocycles. The SMILES string of the molecule is CC1(CN)CCN(C(=O)c2ccccn2)CC1. The second-order valence-corrected chi connectivity index (χ2v) is 5.02. The zero-order chi connectivity index (χ0) is 12.3. The Morgan fingerprint density at radius 3 is 2.71 bits per heavy atom. The number of nitrogens with zero attached hydrogens (tertiary/aromatic N) is 2. The molecular weight excluding hydrogens is 214 g/mol. The van der Waals surface area contributed by atoms with Crippen molar-refractivity contribution in [2.24, 2.45) is 11.1 Å². The molecule has 1 aromatic rings. The van der Waals surface area contributed by atoms with Crippen molar-refractivity contribution in [3.05, 3.63) is 30.1 Å². The molecule has 0 saturated carbocycles. The lowest BCUT2D eigenvalue weighted by atomic mass is 9.80. The number of piperidine rings is 1. The molecule has 4 nitrogen and oxygen atoms in total. The van der Waals surface area contributed by atoms with Gasteiger partial charge in [0.05, 0.1) is 0 Å². The van der Waals surface area contributed by atoms with Crippen LogP contribution in [0, 0.1) is 5.41 Å². The lowest BCUT2D eigenvalue weighted by Crippen LogP contribution is -2.44. The standard InChI is InChI=1S/C13H19N3O/c1-13(10-14)5-8-16(9-6-13)12(17)11-4-2-3-7-15-11/h2-4,7H,5-6,8-10,14H2,1H3. The molecule has 0 spiro atoms. The van der Waals surface area contributed by atoms with Crippen LogP contribution in [-0.2, 0) is 0 Å². The van der Waals surface area contributed by atoms with Crippen LogP contribution in [0.15, 0.2) is 24.4 Å². The maximum absolute atomic E-state index is 12.1. The summed E-state index contributed by atoms with van der Waals surface area (Å²) >= 11 is 0. The van der Waals surface area contributed by atoms with E-state index in [1.165, 1.54) is 0 Å². The highest BCUT2D eigenvalue weighted by molar-refractivity contribution is 5.92. The van der Waals surface area contributed by atoms with Crippen LogP contribution in [0.3, 0.4) is 0 Å². The monoisotopic (exact) mass is 233 g/mol. The zero-order valence-corrected chi connectivity index (χ0v) is 10.2. The van der Waals surface area contributed by atoms with Crippen molar-refractivity contribution in [2.75, 3.05) is 19.6 Å². The summed E-state index contributed by atoms with van der Waals surface area (Å²) in [6.45, 7) is 4.44. The van der Waals surface area contributed by atoms with Gasteiger partial charge in [0.1, 0.15) is 5.69 Å². The first-order valence-corrected chi connectivity index (χ1v) is 6.05. The summed E-state index contributed by atoms with van der Waals surface area (Å²) in [4.78, 5) is 18.1. The number of amides is 1. The molecule has 2 N–H and O–H groups in total. The van der Waals surface area contributed by atoms with E-state index in [2.05, 4.69) is 11.9 Å². The maximum Gasteiger partial charge on any atom is 0.272 e. The molecule has 17 heavy (non-hydrogen) atoms. The van der Waals surface area contributed by atoms with Crippen LogP contribution >= 0.6 is 0 Å². The van der Waals surface area contributed by atoms with E-state index >= 15 is 0 Å². The Bertz CT molecular complexity index is 383. The van der Waals surface area contributed by atoms with E-state index in [0.29, 0.717) is 12.2 Å². The van der Waals surface area contributed by atoms with Crippen molar-refractivity contribution in [3.63, 3.8) is 0 Å². The number of carbonyl (C=O) groups excluding carboxylic acids is 1. The molecule has 0 aliphatic carbocycles. The minimum absolute atomic E-state index is 0.0321. The van der Waals surface area contributed by atoms with Gasteiger partial charge in [-0.3, -0.25) is 9.78 Å². The number of hydrogen-bond acceptors (Lipinski definition) is 3. The average Bonchev–Trinajstić information content (AvgIpc) is 2.40. The molecule has 2 heterocycles. The number of nitrogens with two attached hydrogens (primary N) is 1. The third-order valence-electron chi connectivity index (χ3n) is 3.63. The molecule has 0 aromatic carbocycles. The Balaban J connectivity index is 2.00. The smallest absolute Gasteiger partial charge is 0.272 e. The quantitative estimate of drug-likeness (QED) is 0.837. The fraction of sp³-hybridized carbons (Fsp3) is 0.538. The van der Waals surface area contributed by atoms with Crippen LogP contribution < -0.4 is 5.73 Å². The van der Waals surface area contributed by atoms with E-state index in [9.17, 15) is 4.79 Å². The summed E-state index contributed by atoms with van der Waals surface area (Å²) in [6, 6.07) is 5.42. The maximum atomic E-state index is 12.1. The van der Waals surface area contributed by atoms with Crippen molar-refractivity contribution in [2.45, 2.75) is 19.8 Å².